The summed E-state index contributed by atoms with van der Waals surface area (Å²) in [4.78, 5) is 4.28. The second kappa shape index (κ2) is 13.4. The second-order valence-electron chi connectivity index (χ2n) is 12.4. The van der Waals surface area contributed by atoms with Crippen molar-refractivity contribution in [3.63, 3.8) is 0 Å². The van der Waals surface area contributed by atoms with Crippen LogP contribution in [0.3, 0.4) is 0 Å². The number of hydrogen-bond acceptors (Lipinski definition) is 5. The zero-order valence-corrected chi connectivity index (χ0v) is 24.6. The van der Waals surface area contributed by atoms with Gasteiger partial charge in [0.1, 0.15) is 5.76 Å². The summed E-state index contributed by atoms with van der Waals surface area (Å²) in [5.74, 6) is 1.86. The van der Waals surface area contributed by atoms with E-state index in [9.17, 15) is 13.9 Å². The number of aliphatic imine (C=N–C) groups is 1. The van der Waals surface area contributed by atoms with E-state index in [0.29, 0.717) is 40.7 Å². The van der Waals surface area contributed by atoms with E-state index in [2.05, 4.69) is 69.5 Å². The van der Waals surface area contributed by atoms with Gasteiger partial charge in [-0.05, 0) is 80.1 Å². The molecule has 4 unspecified atom stereocenters. The minimum atomic E-state index is -2.78. The fourth-order valence-electron chi connectivity index (χ4n) is 6.40. The van der Waals surface area contributed by atoms with Crippen molar-refractivity contribution in [2.24, 2.45) is 40.0 Å². The van der Waals surface area contributed by atoms with Crippen molar-refractivity contribution >= 4 is 18.0 Å². The van der Waals surface area contributed by atoms with E-state index in [0.717, 1.165) is 31.3 Å². The van der Waals surface area contributed by atoms with E-state index < -0.39 is 12.7 Å². The molecule has 0 radical (unpaired) electrons. The number of thioether (sulfide) groups is 1. The predicted molar refractivity (Wildman–Crippen MR) is 152 cm³/mol. The normalized spacial score (nSPS) is 32.2. The highest BCUT2D eigenvalue weighted by atomic mass is 32.2. The average Bonchev–Trinajstić information content (AvgIpc) is 3.70. The number of halogens is 2. The van der Waals surface area contributed by atoms with Crippen LogP contribution >= 0.6 is 11.8 Å². The van der Waals surface area contributed by atoms with Crippen LogP contribution in [-0.4, -0.2) is 47.7 Å². The highest BCUT2D eigenvalue weighted by molar-refractivity contribution is 8.00. The van der Waals surface area contributed by atoms with Gasteiger partial charge in [-0.3, -0.25) is 0 Å². The summed E-state index contributed by atoms with van der Waals surface area (Å²) >= 11 is 2.10. The van der Waals surface area contributed by atoms with Gasteiger partial charge in [-0.2, -0.15) is 8.78 Å². The van der Waals surface area contributed by atoms with Crippen LogP contribution in [0.1, 0.15) is 86.0 Å². The molecule has 9 atom stereocenters. The highest BCUT2D eigenvalue weighted by Crippen LogP contribution is 2.61. The Balaban J connectivity index is 1.45. The number of aliphatic hydroxyl groups excluding tert-OH is 1. The summed E-state index contributed by atoms with van der Waals surface area (Å²) in [6.07, 6.45) is 11.7. The van der Waals surface area contributed by atoms with Gasteiger partial charge in [0.25, 0.3) is 0 Å². The Hall–Kier alpha value is -0.920. The van der Waals surface area contributed by atoms with Gasteiger partial charge in [-0.1, -0.05) is 46.6 Å². The van der Waals surface area contributed by atoms with Gasteiger partial charge >= 0.3 is 6.61 Å². The summed E-state index contributed by atoms with van der Waals surface area (Å²) in [6.45, 7) is 12.2. The first kappa shape index (κ1) is 30.6. The number of aliphatic hydroxyl groups is 1. The molecule has 2 fully saturated rings. The van der Waals surface area contributed by atoms with Crippen molar-refractivity contribution in [3.8, 4) is 0 Å². The van der Waals surface area contributed by atoms with E-state index in [1.54, 1.807) is 6.08 Å². The van der Waals surface area contributed by atoms with Gasteiger partial charge in [0.05, 0.1) is 11.5 Å². The first-order valence-electron chi connectivity index (χ1n) is 14.3. The molecule has 2 N–H and O–H groups in total. The van der Waals surface area contributed by atoms with Gasteiger partial charge < -0.3 is 20.2 Å². The quantitative estimate of drug-likeness (QED) is 0.149. The summed E-state index contributed by atoms with van der Waals surface area (Å²) in [5, 5.41) is 16.2. The van der Waals surface area contributed by atoms with Crippen LogP contribution in [0.2, 0.25) is 0 Å². The zero-order valence-electron chi connectivity index (χ0n) is 23.8. The fourth-order valence-corrected chi connectivity index (χ4v) is 8.22. The third kappa shape index (κ3) is 8.28. The molecule has 2 aliphatic carbocycles. The zero-order chi connectivity index (χ0) is 27.3. The van der Waals surface area contributed by atoms with E-state index in [4.69, 9.17) is 4.74 Å². The third-order valence-corrected chi connectivity index (χ3v) is 10.4. The Bertz CT molecular complexity index is 817. The maximum absolute atomic E-state index is 12.8. The van der Waals surface area contributed by atoms with E-state index in [1.807, 2.05) is 7.05 Å². The van der Waals surface area contributed by atoms with Crippen LogP contribution in [-0.2, 0) is 4.74 Å². The lowest BCUT2D eigenvalue weighted by Gasteiger charge is -2.32. The van der Waals surface area contributed by atoms with Gasteiger partial charge in [0.2, 0.25) is 0 Å². The Morgan fingerprint density at radius 3 is 2.65 bits per heavy atom. The molecule has 1 heterocycles. The monoisotopic (exact) mass is 540 g/mol. The molecule has 0 bridgehead atoms. The number of hydrogen-bond donors (Lipinski definition) is 2. The molecule has 212 valence electrons. The largest absolute Gasteiger partial charge is 0.439 e. The van der Waals surface area contributed by atoms with E-state index in [-0.39, 0.29) is 23.2 Å². The average molecular weight is 541 g/mol. The second-order valence-corrected chi connectivity index (χ2v) is 13.9. The summed E-state index contributed by atoms with van der Waals surface area (Å²) in [5.41, 5.74) is 0.789. The standard InChI is InChI=1S/C30H50F2N2O2S/c1-8-10-20(17-33-7)15-25-34-19(4)24(37-25)14-18(3)12-13-30(5,6)28(35)23-16-22(23)26-21(11-9-2)27(26)36-29(31)32/h9,17-25,28-29,34-35H,2,8,10-16H2,1,3-7H3/t18-,19+,20-,21?,22?,23?,24-,25+,28?/m1/s1. The molecule has 3 rings (SSSR count). The molecule has 4 nitrogen and oxygen atoms in total. The van der Waals surface area contributed by atoms with Gasteiger partial charge in [0, 0.05) is 30.5 Å². The lowest BCUT2D eigenvalue weighted by molar-refractivity contribution is -0.0940. The Kier molecular flexibility index (Phi) is 11.1. The van der Waals surface area contributed by atoms with Crippen LogP contribution in [0.15, 0.2) is 29.0 Å². The van der Waals surface area contributed by atoms with E-state index >= 15 is 0 Å². The SMILES string of the molecule is C=CCC1C(OC(F)F)=C1C1CC1C(O)C(C)(C)CC[C@@H](C)C[C@H]1S[C@@H](C[C@H](C=NC)CCC)N[C@H]1C. The first-order chi connectivity index (χ1) is 17.5. The lowest BCUT2D eigenvalue weighted by atomic mass is 9.77. The molecule has 0 aromatic rings. The molecule has 37 heavy (non-hydrogen) atoms. The minimum Gasteiger partial charge on any atom is -0.439 e. The maximum atomic E-state index is 12.8. The van der Waals surface area contributed by atoms with Gasteiger partial charge in [-0.15, -0.1) is 18.3 Å². The number of ether oxygens (including phenoxy) is 1. The van der Waals surface area contributed by atoms with Crippen molar-refractivity contribution < 1.29 is 18.6 Å². The minimum absolute atomic E-state index is 0.0355. The molecule has 7 heteroatoms. The molecule has 0 aromatic carbocycles. The number of nitrogens with zero attached hydrogens (tertiary/aromatic N) is 1. The van der Waals surface area contributed by atoms with Gasteiger partial charge in [0.15, 0.2) is 0 Å². The molecule has 3 aliphatic rings. The molecular weight excluding hydrogens is 490 g/mol. The molecule has 1 saturated carbocycles. The van der Waals surface area contributed by atoms with Crippen molar-refractivity contribution in [2.45, 2.75) is 115 Å². The number of allylic oxidation sites excluding steroid dienone is 3. The molecule has 0 spiro atoms. The van der Waals surface area contributed by atoms with Crippen molar-refractivity contribution in [1.82, 2.24) is 5.32 Å². The van der Waals surface area contributed by atoms with E-state index in [1.165, 1.54) is 19.3 Å². The molecular formula is C30H50F2N2O2S. The Labute approximate surface area is 228 Å². The summed E-state index contributed by atoms with van der Waals surface area (Å²) in [7, 11) is 1.87. The fraction of sp³-hybridized carbons (Fsp3) is 0.833. The lowest BCUT2D eigenvalue weighted by Crippen LogP contribution is -2.33. The topological polar surface area (TPSA) is 53.9 Å². The third-order valence-electron chi connectivity index (χ3n) is 8.75. The smallest absolute Gasteiger partial charge is 0.387 e. The highest BCUT2D eigenvalue weighted by Gasteiger charge is 2.57. The van der Waals surface area contributed by atoms with Gasteiger partial charge in [-0.25, -0.2) is 0 Å². The van der Waals surface area contributed by atoms with Crippen LogP contribution in [0.5, 0.6) is 0 Å². The molecule has 0 amide bonds. The Morgan fingerprint density at radius 1 is 1.30 bits per heavy atom. The predicted octanol–water partition coefficient (Wildman–Crippen LogP) is 7.44. The maximum Gasteiger partial charge on any atom is 0.387 e. The number of alkyl halides is 2. The number of rotatable bonds is 17. The van der Waals surface area contributed by atoms with Crippen LogP contribution in [0, 0.1) is 35.0 Å². The molecule has 1 aliphatic heterocycles. The molecule has 0 aromatic heterocycles. The first-order valence-corrected chi connectivity index (χ1v) is 15.3. The summed E-state index contributed by atoms with van der Waals surface area (Å²) in [6, 6.07) is 0.504. The molecule has 1 saturated heterocycles. The summed E-state index contributed by atoms with van der Waals surface area (Å²) < 4.78 is 30.3. The van der Waals surface area contributed by atoms with Crippen molar-refractivity contribution in [2.75, 3.05) is 7.05 Å². The number of nitrogens with one attached hydrogen (secondary N) is 1. The van der Waals surface area contributed by atoms with Crippen molar-refractivity contribution in [3.05, 3.63) is 24.0 Å². The Morgan fingerprint density at radius 2 is 2.03 bits per heavy atom. The van der Waals surface area contributed by atoms with Crippen LogP contribution < -0.4 is 5.32 Å². The van der Waals surface area contributed by atoms with Crippen LogP contribution in [0.25, 0.3) is 0 Å². The van der Waals surface area contributed by atoms with Crippen molar-refractivity contribution in [1.29, 1.82) is 0 Å². The van der Waals surface area contributed by atoms with Crippen LogP contribution in [0.4, 0.5) is 8.78 Å².